The average Bonchev–Trinajstić information content (AvgIpc) is 2.72. The molecule has 0 bridgehead atoms. The minimum atomic E-state index is -0.368. The zero-order chi connectivity index (χ0) is 18.4. The molecule has 0 radical (unpaired) electrons. The zero-order valence-electron chi connectivity index (χ0n) is 14.8. The fraction of sp³-hybridized carbons (Fsp3) is 0.300. The van der Waals surface area contributed by atoms with Gasteiger partial charge >= 0.3 is 12.0 Å². The van der Waals surface area contributed by atoms with Crippen LogP contribution in [0.2, 0.25) is 0 Å². The molecule has 3 rings (SSSR count). The Bertz CT molecular complexity index is 747. The van der Waals surface area contributed by atoms with Gasteiger partial charge in [0.1, 0.15) is 0 Å². The molecule has 2 N–H and O–H groups in total. The van der Waals surface area contributed by atoms with Gasteiger partial charge in [-0.05, 0) is 23.3 Å². The fourth-order valence-corrected chi connectivity index (χ4v) is 3.08. The van der Waals surface area contributed by atoms with Gasteiger partial charge in [-0.2, -0.15) is 0 Å². The van der Waals surface area contributed by atoms with Crippen molar-refractivity contribution in [3.63, 3.8) is 0 Å². The number of rotatable bonds is 4. The smallest absolute Gasteiger partial charge is 0.337 e. The summed E-state index contributed by atoms with van der Waals surface area (Å²) in [5.74, 6) is -0.368. The molecule has 1 fully saturated rings. The largest absolute Gasteiger partial charge is 0.465 e. The van der Waals surface area contributed by atoms with Gasteiger partial charge in [0.15, 0.2) is 0 Å². The van der Waals surface area contributed by atoms with Crippen molar-refractivity contribution in [1.29, 1.82) is 0 Å². The van der Waals surface area contributed by atoms with E-state index < -0.39 is 0 Å². The maximum atomic E-state index is 12.7. The predicted molar refractivity (Wildman–Crippen MR) is 98.8 cm³/mol. The highest BCUT2D eigenvalue weighted by Crippen LogP contribution is 2.22. The van der Waals surface area contributed by atoms with Gasteiger partial charge in [0.2, 0.25) is 0 Å². The molecule has 0 saturated carbocycles. The van der Waals surface area contributed by atoms with Crippen LogP contribution >= 0.6 is 0 Å². The summed E-state index contributed by atoms with van der Waals surface area (Å²) in [7, 11) is 1.35. The number of esters is 1. The Kier molecular flexibility index (Phi) is 5.86. The molecule has 1 aliphatic rings. The molecule has 6 nitrogen and oxygen atoms in total. The first-order valence-electron chi connectivity index (χ1n) is 8.66. The van der Waals surface area contributed by atoms with E-state index in [1.807, 2.05) is 47.4 Å². The van der Waals surface area contributed by atoms with E-state index >= 15 is 0 Å². The normalized spacial score (nSPS) is 16.8. The lowest BCUT2D eigenvalue weighted by Gasteiger charge is -2.36. The van der Waals surface area contributed by atoms with Crippen molar-refractivity contribution in [3.05, 3.63) is 71.3 Å². The number of nitrogens with one attached hydrogen (secondary N) is 2. The Hall–Kier alpha value is -2.86. The first-order valence-corrected chi connectivity index (χ1v) is 8.66. The summed E-state index contributed by atoms with van der Waals surface area (Å²) in [5, 5.41) is 6.32. The molecule has 1 aliphatic heterocycles. The molecule has 1 saturated heterocycles. The van der Waals surface area contributed by atoms with Gasteiger partial charge in [0.25, 0.3) is 0 Å². The number of urea groups is 1. The highest BCUT2D eigenvalue weighted by Gasteiger charge is 2.27. The van der Waals surface area contributed by atoms with Crippen molar-refractivity contribution in [2.45, 2.75) is 12.6 Å². The van der Waals surface area contributed by atoms with Crippen molar-refractivity contribution in [3.8, 4) is 0 Å². The third-order valence-electron chi connectivity index (χ3n) is 4.51. The summed E-state index contributed by atoms with van der Waals surface area (Å²) in [6.07, 6.45) is 0. The van der Waals surface area contributed by atoms with Crippen LogP contribution in [0.4, 0.5) is 4.79 Å². The lowest BCUT2D eigenvalue weighted by molar-refractivity contribution is 0.0600. The van der Waals surface area contributed by atoms with E-state index in [0.717, 1.165) is 24.2 Å². The molecule has 2 aromatic carbocycles. The van der Waals surface area contributed by atoms with Gasteiger partial charge in [-0.3, -0.25) is 0 Å². The lowest BCUT2D eigenvalue weighted by atomic mass is 10.0. The molecule has 6 heteroatoms. The van der Waals surface area contributed by atoms with Gasteiger partial charge in [0.05, 0.1) is 18.7 Å². The van der Waals surface area contributed by atoms with Gasteiger partial charge in [-0.25, -0.2) is 9.59 Å². The second-order valence-corrected chi connectivity index (χ2v) is 6.17. The predicted octanol–water partition coefficient (Wildman–Crippen LogP) is 2.33. The number of piperazine rings is 1. The SMILES string of the molecule is COC(=O)c1ccc(CNC(=O)N2CCNCC2c2ccccc2)cc1. The third-order valence-corrected chi connectivity index (χ3v) is 4.51. The molecule has 1 unspecified atom stereocenters. The van der Waals surface area contributed by atoms with Gasteiger partial charge < -0.3 is 20.3 Å². The summed E-state index contributed by atoms with van der Waals surface area (Å²) >= 11 is 0. The van der Waals surface area contributed by atoms with Crippen LogP contribution < -0.4 is 10.6 Å². The molecule has 1 atom stereocenters. The van der Waals surface area contributed by atoms with Crippen molar-refractivity contribution in [2.75, 3.05) is 26.7 Å². The van der Waals surface area contributed by atoms with Crippen LogP contribution in [-0.4, -0.2) is 43.6 Å². The minimum absolute atomic E-state index is 0.0200. The molecule has 136 valence electrons. The summed E-state index contributed by atoms with van der Waals surface area (Å²) < 4.78 is 4.69. The molecular formula is C20H23N3O3. The summed E-state index contributed by atoms with van der Waals surface area (Å²) in [4.78, 5) is 26.0. The molecular weight excluding hydrogens is 330 g/mol. The number of nitrogens with zero attached hydrogens (tertiary/aromatic N) is 1. The average molecular weight is 353 g/mol. The fourth-order valence-electron chi connectivity index (χ4n) is 3.08. The number of methoxy groups -OCH3 is 1. The van der Waals surface area contributed by atoms with Crippen molar-refractivity contribution >= 4 is 12.0 Å². The molecule has 1 heterocycles. The monoisotopic (exact) mass is 353 g/mol. The molecule has 0 spiro atoms. The first-order chi connectivity index (χ1) is 12.7. The number of hydrogen-bond acceptors (Lipinski definition) is 4. The van der Waals surface area contributed by atoms with Crippen LogP contribution in [0.15, 0.2) is 54.6 Å². The highest BCUT2D eigenvalue weighted by molar-refractivity contribution is 5.89. The van der Waals surface area contributed by atoms with Crippen LogP contribution in [0.3, 0.4) is 0 Å². The summed E-state index contributed by atoms with van der Waals surface area (Å²) in [5.41, 5.74) is 2.54. The maximum Gasteiger partial charge on any atom is 0.337 e. The van der Waals surface area contributed by atoms with E-state index in [9.17, 15) is 9.59 Å². The molecule has 2 amide bonds. The number of amides is 2. The maximum absolute atomic E-state index is 12.7. The van der Waals surface area contributed by atoms with Crippen molar-refractivity contribution in [2.24, 2.45) is 0 Å². The van der Waals surface area contributed by atoms with E-state index in [1.165, 1.54) is 7.11 Å². The van der Waals surface area contributed by atoms with E-state index in [-0.39, 0.29) is 18.0 Å². The van der Waals surface area contributed by atoms with E-state index in [4.69, 9.17) is 0 Å². The molecule has 2 aromatic rings. The van der Waals surface area contributed by atoms with Gasteiger partial charge in [-0.15, -0.1) is 0 Å². The lowest BCUT2D eigenvalue weighted by Crippen LogP contribution is -2.51. The van der Waals surface area contributed by atoms with Crippen LogP contribution in [-0.2, 0) is 11.3 Å². The van der Waals surface area contributed by atoms with Crippen LogP contribution in [0.5, 0.6) is 0 Å². The number of carbonyl (C=O) groups excluding carboxylic acids is 2. The van der Waals surface area contributed by atoms with E-state index in [1.54, 1.807) is 12.1 Å². The topological polar surface area (TPSA) is 70.7 Å². The highest BCUT2D eigenvalue weighted by atomic mass is 16.5. The Labute approximate surface area is 153 Å². The van der Waals surface area contributed by atoms with E-state index in [2.05, 4.69) is 15.4 Å². The zero-order valence-corrected chi connectivity index (χ0v) is 14.8. The van der Waals surface area contributed by atoms with Gasteiger partial charge in [0, 0.05) is 26.2 Å². The Morgan fingerprint density at radius 2 is 1.88 bits per heavy atom. The molecule has 0 aromatic heterocycles. The Morgan fingerprint density at radius 3 is 2.58 bits per heavy atom. The van der Waals surface area contributed by atoms with Crippen LogP contribution in [0, 0.1) is 0 Å². The number of carbonyl (C=O) groups is 2. The second kappa shape index (κ2) is 8.49. The molecule has 26 heavy (non-hydrogen) atoms. The Morgan fingerprint density at radius 1 is 1.15 bits per heavy atom. The van der Waals surface area contributed by atoms with Crippen molar-refractivity contribution < 1.29 is 14.3 Å². The van der Waals surface area contributed by atoms with Crippen molar-refractivity contribution in [1.82, 2.24) is 15.5 Å². The van der Waals surface area contributed by atoms with Crippen LogP contribution in [0.25, 0.3) is 0 Å². The van der Waals surface area contributed by atoms with Gasteiger partial charge in [-0.1, -0.05) is 42.5 Å². The van der Waals surface area contributed by atoms with E-state index in [0.29, 0.717) is 18.7 Å². The van der Waals surface area contributed by atoms with Crippen LogP contribution in [0.1, 0.15) is 27.5 Å². The minimum Gasteiger partial charge on any atom is -0.465 e. The Balaban J connectivity index is 1.62. The first kappa shape index (κ1) is 17.9. The number of hydrogen-bond donors (Lipinski definition) is 2. The second-order valence-electron chi connectivity index (χ2n) is 6.17. The number of benzene rings is 2. The summed E-state index contributed by atoms with van der Waals surface area (Å²) in [6.45, 7) is 2.59. The third kappa shape index (κ3) is 4.21. The number of ether oxygens (including phenoxy) is 1. The summed E-state index contributed by atoms with van der Waals surface area (Å²) in [6, 6.07) is 17.0. The quantitative estimate of drug-likeness (QED) is 0.828. The molecule has 0 aliphatic carbocycles. The standard InChI is InChI=1S/C20H23N3O3/c1-26-19(24)17-9-7-15(8-10-17)13-22-20(25)23-12-11-21-14-18(23)16-5-3-2-4-6-16/h2-10,18,21H,11-14H2,1H3,(H,22,25).